The maximum Gasteiger partial charge on any atom is 0.246 e. The Morgan fingerprint density at radius 2 is 2.15 bits per heavy atom. The third-order valence-electron chi connectivity index (χ3n) is 3.40. The number of nitrogens with one attached hydrogen (secondary N) is 1. The number of halogens is 1. The lowest BCUT2D eigenvalue weighted by Crippen LogP contribution is -2.44. The standard InChI is InChI=1S/C12H17BrN2O4S/c1-15(9-6-14-7-10(9)16)20(17,18)12-5-8(13)3-4-11(12)19-2/h3-5,9-10,14,16H,6-7H2,1-2H3/t9-,10-/m1/s1. The van der Waals surface area contributed by atoms with Crippen molar-refractivity contribution < 1.29 is 18.3 Å². The Bertz CT molecular complexity index is 593. The van der Waals surface area contributed by atoms with Crippen LogP contribution >= 0.6 is 15.9 Å². The van der Waals surface area contributed by atoms with Gasteiger partial charge in [0.1, 0.15) is 10.6 Å². The minimum absolute atomic E-state index is 0.0796. The molecule has 0 amide bonds. The van der Waals surface area contributed by atoms with Crippen LogP contribution < -0.4 is 10.1 Å². The Balaban J connectivity index is 2.42. The van der Waals surface area contributed by atoms with Crippen molar-refractivity contribution in [1.29, 1.82) is 0 Å². The summed E-state index contributed by atoms with van der Waals surface area (Å²) in [4.78, 5) is 0.0796. The van der Waals surface area contributed by atoms with Crippen LogP contribution in [0.3, 0.4) is 0 Å². The molecule has 1 heterocycles. The van der Waals surface area contributed by atoms with Gasteiger partial charge in [-0.15, -0.1) is 0 Å². The largest absolute Gasteiger partial charge is 0.495 e. The van der Waals surface area contributed by atoms with Gasteiger partial charge < -0.3 is 15.2 Å². The molecule has 0 aliphatic carbocycles. The molecule has 1 aliphatic rings. The number of nitrogens with zero attached hydrogens (tertiary/aromatic N) is 1. The van der Waals surface area contributed by atoms with Crippen molar-refractivity contribution in [2.75, 3.05) is 27.2 Å². The van der Waals surface area contributed by atoms with E-state index in [-0.39, 0.29) is 10.6 Å². The smallest absolute Gasteiger partial charge is 0.246 e. The molecular formula is C12H17BrN2O4S. The lowest BCUT2D eigenvalue weighted by Gasteiger charge is -2.26. The van der Waals surface area contributed by atoms with Crippen LogP contribution in [0, 0.1) is 0 Å². The van der Waals surface area contributed by atoms with E-state index in [2.05, 4.69) is 21.2 Å². The fourth-order valence-corrected chi connectivity index (χ4v) is 4.28. The van der Waals surface area contributed by atoms with Crippen LogP contribution in [0.1, 0.15) is 0 Å². The number of methoxy groups -OCH3 is 1. The molecule has 0 radical (unpaired) electrons. The van der Waals surface area contributed by atoms with E-state index >= 15 is 0 Å². The number of β-amino-alcohol motifs (C(OH)–C–C–N with tert-alkyl or cyclic N) is 1. The number of rotatable bonds is 4. The van der Waals surface area contributed by atoms with E-state index in [0.717, 1.165) is 0 Å². The summed E-state index contributed by atoms with van der Waals surface area (Å²) in [6, 6.07) is 4.32. The van der Waals surface area contributed by atoms with Crippen LogP contribution in [0.4, 0.5) is 0 Å². The van der Waals surface area contributed by atoms with Crippen LogP contribution in [0.2, 0.25) is 0 Å². The average Bonchev–Trinajstić information content (AvgIpc) is 2.83. The molecule has 1 aromatic rings. The highest BCUT2D eigenvalue weighted by atomic mass is 79.9. The Morgan fingerprint density at radius 1 is 1.45 bits per heavy atom. The normalized spacial score (nSPS) is 23.2. The zero-order valence-corrected chi connectivity index (χ0v) is 13.6. The SMILES string of the molecule is COc1ccc(Br)cc1S(=O)(=O)N(C)[C@@H]1CNC[C@H]1O. The molecule has 0 spiro atoms. The van der Waals surface area contributed by atoms with Crippen LogP contribution in [0.25, 0.3) is 0 Å². The number of hydrogen-bond acceptors (Lipinski definition) is 5. The average molecular weight is 365 g/mol. The summed E-state index contributed by atoms with van der Waals surface area (Å²) < 4.78 is 32.3. The van der Waals surface area contributed by atoms with Crippen molar-refractivity contribution >= 4 is 26.0 Å². The molecule has 1 aliphatic heterocycles. The lowest BCUT2D eigenvalue weighted by atomic mass is 10.2. The van der Waals surface area contributed by atoms with E-state index < -0.39 is 22.2 Å². The van der Waals surface area contributed by atoms with Gasteiger partial charge in [-0.25, -0.2) is 8.42 Å². The second-order valence-corrected chi connectivity index (χ2v) is 7.49. The molecule has 1 fully saturated rings. The molecule has 2 N–H and O–H groups in total. The van der Waals surface area contributed by atoms with Crippen LogP contribution in [-0.2, 0) is 10.0 Å². The first-order valence-electron chi connectivity index (χ1n) is 6.08. The maximum atomic E-state index is 12.7. The Labute approximate surface area is 126 Å². The first-order valence-corrected chi connectivity index (χ1v) is 8.31. The second kappa shape index (κ2) is 5.98. The van der Waals surface area contributed by atoms with Crippen LogP contribution in [0.5, 0.6) is 5.75 Å². The lowest BCUT2D eigenvalue weighted by molar-refractivity contribution is 0.136. The number of sulfonamides is 1. The number of benzene rings is 1. The molecule has 0 bridgehead atoms. The molecule has 2 atom stereocenters. The summed E-state index contributed by atoms with van der Waals surface area (Å²) in [6.07, 6.45) is -0.715. The fourth-order valence-electron chi connectivity index (χ4n) is 2.21. The van der Waals surface area contributed by atoms with E-state index in [1.807, 2.05) is 0 Å². The van der Waals surface area contributed by atoms with Gasteiger partial charge in [0.05, 0.1) is 19.3 Å². The number of aliphatic hydroxyl groups excluding tert-OH is 1. The summed E-state index contributed by atoms with van der Waals surface area (Å²) in [5.74, 6) is 0.278. The first-order chi connectivity index (χ1) is 9.37. The number of likely N-dealkylation sites (N-methyl/N-ethyl adjacent to an activating group) is 1. The summed E-state index contributed by atoms with van der Waals surface area (Å²) in [5, 5.41) is 12.8. The van der Waals surface area contributed by atoms with Crippen molar-refractivity contribution in [3.8, 4) is 5.75 Å². The van der Waals surface area contributed by atoms with E-state index in [9.17, 15) is 13.5 Å². The second-order valence-electron chi connectivity index (χ2n) is 4.61. The monoisotopic (exact) mass is 364 g/mol. The minimum Gasteiger partial charge on any atom is -0.495 e. The molecule has 6 nitrogen and oxygen atoms in total. The van der Waals surface area contributed by atoms with Crippen molar-refractivity contribution in [3.63, 3.8) is 0 Å². The maximum absolute atomic E-state index is 12.7. The van der Waals surface area contributed by atoms with E-state index in [0.29, 0.717) is 17.6 Å². The van der Waals surface area contributed by atoms with Crippen LogP contribution in [0.15, 0.2) is 27.6 Å². The van der Waals surface area contributed by atoms with E-state index in [1.54, 1.807) is 12.1 Å². The van der Waals surface area contributed by atoms with Crippen molar-refractivity contribution in [2.45, 2.75) is 17.0 Å². The highest BCUT2D eigenvalue weighted by Crippen LogP contribution is 2.30. The van der Waals surface area contributed by atoms with Gasteiger partial charge in [-0.1, -0.05) is 15.9 Å². The topological polar surface area (TPSA) is 78.9 Å². The quantitative estimate of drug-likeness (QED) is 0.808. The zero-order chi connectivity index (χ0) is 14.9. The summed E-state index contributed by atoms with van der Waals surface area (Å²) in [6.45, 7) is 0.813. The summed E-state index contributed by atoms with van der Waals surface area (Å²) >= 11 is 3.26. The van der Waals surface area contributed by atoms with Crippen molar-refractivity contribution in [1.82, 2.24) is 9.62 Å². The molecule has 20 heavy (non-hydrogen) atoms. The molecule has 8 heteroatoms. The zero-order valence-electron chi connectivity index (χ0n) is 11.2. The highest BCUT2D eigenvalue weighted by Gasteiger charge is 2.37. The van der Waals surface area contributed by atoms with Gasteiger partial charge in [0.25, 0.3) is 0 Å². The van der Waals surface area contributed by atoms with Gasteiger partial charge >= 0.3 is 0 Å². The van der Waals surface area contributed by atoms with Crippen molar-refractivity contribution in [2.24, 2.45) is 0 Å². The third-order valence-corrected chi connectivity index (χ3v) is 5.80. The molecule has 2 rings (SSSR count). The fraction of sp³-hybridized carbons (Fsp3) is 0.500. The molecule has 0 aromatic heterocycles. The van der Waals surface area contributed by atoms with Crippen molar-refractivity contribution in [3.05, 3.63) is 22.7 Å². The summed E-state index contributed by atoms with van der Waals surface area (Å²) in [7, 11) is -0.849. The number of aliphatic hydroxyl groups is 1. The molecule has 0 saturated carbocycles. The van der Waals surface area contributed by atoms with Crippen LogP contribution in [-0.4, -0.2) is 57.2 Å². The third kappa shape index (κ3) is 2.84. The van der Waals surface area contributed by atoms with Gasteiger partial charge in [0, 0.05) is 24.6 Å². The van der Waals surface area contributed by atoms with E-state index in [4.69, 9.17) is 4.74 Å². The summed E-state index contributed by atoms with van der Waals surface area (Å²) in [5.41, 5.74) is 0. The minimum atomic E-state index is -3.74. The highest BCUT2D eigenvalue weighted by molar-refractivity contribution is 9.10. The van der Waals surface area contributed by atoms with E-state index in [1.165, 1.54) is 24.5 Å². The number of hydrogen-bond donors (Lipinski definition) is 2. The predicted molar refractivity (Wildman–Crippen MR) is 78.3 cm³/mol. The first kappa shape index (κ1) is 15.7. The van der Waals surface area contributed by atoms with Gasteiger partial charge in [0.15, 0.2) is 0 Å². The van der Waals surface area contributed by atoms with Gasteiger partial charge in [0.2, 0.25) is 10.0 Å². The Hall–Kier alpha value is -0.670. The number of ether oxygens (including phenoxy) is 1. The Kier molecular flexibility index (Phi) is 4.70. The van der Waals surface area contributed by atoms with Gasteiger partial charge in [-0.2, -0.15) is 4.31 Å². The predicted octanol–water partition coefficient (Wildman–Crippen LogP) is 0.411. The van der Waals surface area contributed by atoms with Gasteiger partial charge in [-0.05, 0) is 18.2 Å². The molecule has 1 saturated heterocycles. The molecular weight excluding hydrogens is 348 g/mol. The molecule has 0 unspecified atom stereocenters. The Morgan fingerprint density at radius 3 is 2.70 bits per heavy atom. The molecule has 1 aromatic carbocycles. The molecule has 112 valence electrons. The van der Waals surface area contributed by atoms with Gasteiger partial charge in [-0.3, -0.25) is 0 Å².